The van der Waals surface area contributed by atoms with Gasteiger partial charge in [-0.05, 0) is 51.6 Å². The lowest BCUT2D eigenvalue weighted by Gasteiger charge is -2.32. The Hall–Kier alpha value is -0.610. The average Bonchev–Trinajstić information content (AvgIpc) is 2.87. The highest BCUT2D eigenvalue weighted by atomic mass is 16.5. The van der Waals surface area contributed by atoms with Crippen LogP contribution in [0.5, 0.6) is 0 Å². The van der Waals surface area contributed by atoms with Crippen molar-refractivity contribution in [2.45, 2.75) is 64.5 Å². The minimum Gasteiger partial charge on any atom is -0.465 e. The Balaban J connectivity index is 1.81. The van der Waals surface area contributed by atoms with E-state index < -0.39 is 0 Å². The molecule has 0 spiro atoms. The second kappa shape index (κ2) is 7.99. The van der Waals surface area contributed by atoms with E-state index in [1.54, 1.807) is 0 Å². The first-order chi connectivity index (χ1) is 9.76. The Morgan fingerprint density at radius 2 is 2.10 bits per heavy atom. The lowest BCUT2D eigenvalue weighted by atomic mass is 9.85. The van der Waals surface area contributed by atoms with Gasteiger partial charge in [0, 0.05) is 12.6 Å². The third-order valence-corrected chi connectivity index (χ3v) is 4.85. The summed E-state index contributed by atoms with van der Waals surface area (Å²) in [6, 6.07) is 0.649. The molecule has 20 heavy (non-hydrogen) atoms. The Labute approximate surface area is 123 Å². The zero-order valence-electron chi connectivity index (χ0n) is 13.1. The predicted octanol–water partition coefficient (Wildman–Crippen LogP) is 2.18. The number of hydrogen-bond acceptors (Lipinski definition) is 4. The number of carbonyl (C=O) groups excluding carboxylic acids is 1. The third-order valence-electron chi connectivity index (χ3n) is 4.85. The van der Waals surface area contributed by atoms with Crippen molar-refractivity contribution in [3.8, 4) is 0 Å². The van der Waals surface area contributed by atoms with Crippen molar-refractivity contribution in [3.63, 3.8) is 0 Å². The van der Waals surface area contributed by atoms with Crippen LogP contribution in [0.2, 0.25) is 0 Å². The van der Waals surface area contributed by atoms with Gasteiger partial charge in [0.1, 0.15) is 6.04 Å². The zero-order chi connectivity index (χ0) is 14.4. The number of rotatable bonds is 7. The van der Waals surface area contributed by atoms with Crippen molar-refractivity contribution in [1.82, 2.24) is 10.2 Å². The molecule has 1 aliphatic heterocycles. The van der Waals surface area contributed by atoms with Gasteiger partial charge in [0.15, 0.2) is 0 Å². The summed E-state index contributed by atoms with van der Waals surface area (Å²) in [6.45, 7) is 7.44. The normalized spacial score (nSPS) is 28.1. The lowest BCUT2D eigenvalue weighted by Crippen LogP contribution is -2.42. The molecular weight excluding hydrogens is 252 g/mol. The molecule has 0 radical (unpaired) electrons. The van der Waals surface area contributed by atoms with E-state index in [2.05, 4.69) is 10.2 Å². The summed E-state index contributed by atoms with van der Waals surface area (Å²) in [5, 5.41) is 3.26. The average molecular weight is 282 g/mol. The number of hydrogen-bond donors (Lipinski definition) is 1. The highest BCUT2D eigenvalue weighted by Crippen LogP contribution is 2.36. The molecule has 4 heteroatoms. The molecule has 0 aromatic rings. The molecule has 116 valence electrons. The number of fused-ring (bicyclic) bond motifs is 1. The van der Waals surface area contributed by atoms with E-state index in [9.17, 15) is 4.79 Å². The zero-order valence-corrected chi connectivity index (χ0v) is 13.1. The minimum absolute atomic E-state index is 0.0891. The monoisotopic (exact) mass is 282 g/mol. The summed E-state index contributed by atoms with van der Waals surface area (Å²) < 4.78 is 5.16. The first kappa shape index (κ1) is 15.8. The fourth-order valence-electron chi connectivity index (χ4n) is 3.87. The summed E-state index contributed by atoms with van der Waals surface area (Å²) in [5.74, 6) is 0.831. The SMILES string of the molecule is CCNC(CCN1CCC2CCCCC21)C(=O)OCC. The summed E-state index contributed by atoms with van der Waals surface area (Å²) >= 11 is 0. The van der Waals surface area contributed by atoms with Gasteiger partial charge >= 0.3 is 5.97 Å². The molecule has 0 aromatic heterocycles. The second-order valence-corrected chi connectivity index (χ2v) is 6.09. The van der Waals surface area contributed by atoms with Gasteiger partial charge in [0.2, 0.25) is 0 Å². The molecule has 1 aliphatic carbocycles. The molecular formula is C16H30N2O2. The highest BCUT2D eigenvalue weighted by Gasteiger charge is 2.35. The van der Waals surface area contributed by atoms with Gasteiger partial charge in [-0.2, -0.15) is 0 Å². The van der Waals surface area contributed by atoms with Gasteiger partial charge in [-0.1, -0.05) is 19.8 Å². The van der Waals surface area contributed by atoms with E-state index in [1.807, 2.05) is 13.8 Å². The van der Waals surface area contributed by atoms with Crippen LogP contribution in [-0.2, 0) is 9.53 Å². The van der Waals surface area contributed by atoms with E-state index in [0.29, 0.717) is 6.61 Å². The summed E-state index contributed by atoms with van der Waals surface area (Å²) in [7, 11) is 0. The molecule has 1 saturated heterocycles. The molecule has 2 aliphatic rings. The van der Waals surface area contributed by atoms with Crippen LogP contribution in [0.15, 0.2) is 0 Å². The van der Waals surface area contributed by atoms with Crippen molar-refractivity contribution in [2.75, 3.05) is 26.2 Å². The smallest absolute Gasteiger partial charge is 0.323 e. The van der Waals surface area contributed by atoms with Crippen LogP contribution in [-0.4, -0.2) is 49.2 Å². The first-order valence-corrected chi connectivity index (χ1v) is 8.40. The largest absolute Gasteiger partial charge is 0.465 e. The molecule has 3 unspecified atom stereocenters. The van der Waals surface area contributed by atoms with Crippen molar-refractivity contribution >= 4 is 5.97 Å². The minimum atomic E-state index is -0.136. The Morgan fingerprint density at radius 1 is 1.30 bits per heavy atom. The molecule has 0 aromatic carbocycles. The fourth-order valence-corrected chi connectivity index (χ4v) is 3.87. The van der Waals surface area contributed by atoms with Gasteiger partial charge in [-0.25, -0.2) is 0 Å². The van der Waals surface area contributed by atoms with Gasteiger partial charge in [0.25, 0.3) is 0 Å². The fraction of sp³-hybridized carbons (Fsp3) is 0.938. The highest BCUT2D eigenvalue weighted by molar-refractivity contribution is 5.75. The van der Waals surface area contributed by atoms with E-state index >= 15 is 0 Å². The van der Waals surface area contributed by atoms with Crippen LogP contribution in [0, 0.1) is 5.92 Å². The Bertz CT molecular complexity index is 309. The summed E-state index contributed by atoms with van der Waals surface area (Å²) in [5.41, 5.74) is 0. The molecule has 0 bridgehead atoms. The van der Waals surface area contributed by atoms with Crippen molar-refractivity contribution < 1.29 is 9.53 Å². The van der Waals surface area contributed by atoms with Gasteiger partial charge in [-0.15, -0.1) is 0 Å². The summed E-state index contributed by atoms with van der Waals surface area (Å²) in [6.07, 6.45) is 7.79. The molecule has 1 saturated carbocycles. The second-order valence-electron chi connectivity index (χ2n) is 6.09. The van der Waals surface area contributed by atoms with Gasteiger partial charge < -0.3 is 15.0 Å². The third kappa shape index (κ3) is 3.95. The number of ether oxygens (including phenoxy) is 1. The number of nitrogens with zero attached hydrogens (tertiary/aromatic N) is 1. The number of likely N-dealkylation sites (N-methyl/N-ethyl adjacent to an activating group) is 1. The van der Waals surface area contributed by atoms with Crippen molar-refractivity contribution in [3.05, 3.63) is 0 Å². The first-order valence-electron chi connectivity index (χ1n) is 8.40. The van der Waals surface area contributed by atoms with E-state index in [4.69, 9.17) is 4.74 Å². The standard InChI is InChI=1S/C16H30N2O2/c1-3-17-14(16(19)20-4-2)10-12-18-11-9-13-7-5-6-8-15(13)18/h13-15,17H,3-12H2,1-2H3. The molecule has 4 nitrogen and oxygen atoms in total. The maximum absolute atomic E-state index is 11.9. The summed E-state index contributed by atoms with van der Waals surface area (Å²) in [4.78, 5) is 14.5. The van der Waals surface area contributed by atoms with E-state index in [-0.39, 0.29) is 12.0 Å². The molecule has 2 fully saturated rings. The maximum Gasteiger partial charge on any atom is 0.323 e. The number of carbonyl (C=O) groups is 1. The van der Waals surface area contributed by atoms with Crippen molar-refractivity contribution in [1.29, 1.82) is 0 Å². The maximum atomic E-state index is 11.9. The van der Waals surface area contributed by atoms with Crippen LogP contribution in [0.25, 0.3) is 0 Å². The molecule has 1 N–H and O–H groups in total. The van der Waals surface area contributed by atoms with Gasteiger partial charge in [-0.3, -0.25) is 4.79 Å². The predicted molar refractivity (Wildman–Crippen MR) is 80.7 cm³/mol. The van der Waals surface area contributed by atoms with Gasteiger partial charge in [0.05, 0.1) is 6.61 Å². The molecule has 0 amide bonds. The topological polar surface area (TPSA) is 41.6 Å². The van der Waals surface area contributed by atoms with Crippen LogP contribution in [0.4, 0.5) is 0 Å². The lowest BCUT2D eigenvalue weighted by molar-refractivity contribution is -0.145. The van der Waals surface area contributed by atoms with Crippen molar-refractivity contribution in [2.24, 2.45) is 5.92 Å². The molecule has 1 heterocycles. The number of nitrogens with one attached hydrogen (secondary N) is 1. The Kier molecular flexibility index (Phi) is 6.30. The number of likely N-dealkylation sites (tertiary alicyclic amines) is 1. The van der Waals surface area contributed by atoms with Crippen LogP contribution < -0.4 is 5.32 Å². The Morgan fingerprint density at radius 3 is 2.85 bits per heavy atom. The quantitative estimate of drug-likeness (QED) is 0.727. The van der Waals surface area contributed by atoms with Crippen LogP contribution in [0.1, 0.15) is 52.4 Å². The van der Waals surface area contributed by atoms with Crippen LogP contribution in [0.3, 0.4) is 0 Å². The molecule has 3 atom stereocenters. The van der Waals surface area contributed by atoms with Crippen LogP contribution >= 0.6 is 0 Å². The number of esters is 1. The van der Waals surface area contributed by atoms with E-state index in [1.165, 1.54) is 38.6 Å². The van der Waals surface area contributed by atoms with E-state index in [0.717, 1.165) is 31.5 Å². The molecule has 2 rings (SSSR count).